The molecule has 1 fully saturated rings. The van der Waals surface area contributed by atoms with Crippen LogP contribution in [0.25, 0.3) is 0 Å². The van der Waals surface area contributed by atoms with Crippen LogP contribution < -0.4 is 0 Å². The fourth-order valence-corrected chi connectivity index (χ4v) is 2.43. The monoisotopic (exact) mass is 263 g/mol. The van der Waals surface area contributed by atoms with Crippen LogP contribution in [0.1, 0.15) is 18.5 Å². The molecule has 2 heterocycles. The van der Waals surface area contributed by atoms with Crippen LogP contribution in [0.3, 0.4) is 0 Å². The topological polar surface area (TPSA) is 41.3 Å². The molecule has 0 aromatic carbocycles. The second-order valence-corrected chi connectivity index (χ2v) is 4.88. The van der Waals surface area contributed by atoms with Gasteiger partial charge >= 0.3 is 0 Å². The van der Waals surface area contributed by atoms with E-state index in [4.69, 9.17) is 23.2 Å². The molecule has 90 valence electrons. The zero-order valence-electron chi connectivity index (χ0n) is 9.16. The van der Waals surface area contributed by atoms with Gasteiger partial charge in [-0.25, -0.2) is 4.98 Å². The number of rotatable bonds is 2. The Morgan fingerprint density at radius 2 is 2.00 bits per heavy atom. The van der Waals surface area contributed by atoms with Gasteiger partial charge in [0.05, 0.1) is 11.8 Å². The highest BCUT2D eigenvalue weighted by Gasteiger charge is 2.20. The predicted octanol–water partition coefficient (Wildman–Crippen LogP) is 1.68. The fraction of sp³-hybridized carbons (Fsp3) is 0.700. The maximum absolute atomic E-state index is 9.41. The highest BCUT2D eigenvalue weighted by atomic mass is 35.5. The van der Waals surface area contributed by atoms with Gasteiger partial charge in [0, 0.05) is 26.7 Å². The zero-order valence-corrected chi connectivity index (χ0v) is 10.7. The first-order valence-corrected chi connectivity index (χ1v) is 6.10. The minimum absolute atomic E-state index is 0.151. The van der Waals surface area contributed by atoms with Crippen molar-refractivity contribution in [1.82, 2.24) is 14.5 Å². The van der Waals surface area contributed by atoms with Gasteiger partial charge in [0.1, 0.15) is 0 Å². The van der Waals surface area contributed by atoms with E-state index in [1.165, 1.54) is 0 Å². The van der Waals surface area contributed by atoms with Crippen LogP contribution in [0.5, 0.6) is 0 Å². The Kier molecular flexibility index (Phi) is 3.74. The summed E-state index contributed by atoms with van der Waals surface area (Å²) in [4.78, 5) is 6.26. The normalized spacial score (nSPS) is 19.2. The molecule has 0 spiro atoms. The number of hydrogen-bond donors (Lipinski definition) is 1. The molecule has 1 saturated heterocycles. The number of aliphatic hydroxyl groups is 1. The van der Waals surface area contributed by atoms with Crippen LogP contribution >= 0.6 is 23.2 Å². The van der Waals surface area contributed by atoms with Crippen molar-refractivity contribution in [2.45, 2.75) is 25.5 Å². The molecule has 1 aromatic heterocycles. The number of piperidine rings is 1. The van der Waals surface area contributed by atoms with Gasteiger partial charge in [-0.1, -0.05) is 11.6 Å². The molecule has 1 aliphatic rings. The number of likely N-dealkylation sites (tertiary alicyclic amines) is 1. The summed E-state index contributed by atoms with van der Waals surface area (Å²) < 4.78 is 1.80. The molecule has 0 bridgehead atoms. The Hall–Kier alpha value is -0.290. The first-order chi connectivity index (χ1) is 7.58. The third kappa shape index (κ3) is 2.51. The maximum Gasteiger partial charge on any atom is 0.204 e. The lowest BCUT2D eigenvalue weighted by molar-refractivity contribution is 0.0783. The summed E-state index contributed by atoms with van der Waals surface area (Å²) in [7, 11) is 1.86. The molecule has 0 radical (unpaired) electrons. The van der Waals surface area contributed by atoms with E-state index in [9.17, 15) is 5.11 Å². The van der Waals surface area contributed by atoms with Crippen molar-refractivity contribution < 1.29 is 5.11 Å². The van der Waals surface area contributed by atoms with Gasteiger partial charge in [-0.3, -0.25) is 4.90 Å². The highest BCUT2D eigenvalue weighted by molar-refractivity contribution is 6.32. The zero-order chi connectivity index (χ0) is 11.7. The first kappa shape index (κ1) is 12.2. The minimum Gasteiger partial charge on any atom is -0.393 e. The molecule has 0 atom stereocenters. The molecule has 0 unspecified atom stereocenters. The standard InChI is InChI=1S/C10H15Cl2N3O/c1-14-8(9(11)13-10(14)12)6-15-4-2-7(16)3-5-15/h7,16H,2-6H2,1H3. The van der Waals surface area contributed by atoms with Crippen molar-refractivity contribution >= 4 is 23.2 Å². The second-order valence-electron chi connectivity index (χ2n) is 4.18. The molecule has 4 nitrogen and oxygen atoms in total. The van der Waals surface area contributed by atoms with E-state index in [1.807, 2.05) is 7.05 Å². The average Bonchev–Trinajstić information content (AvgIpc) is 2.48. The van der Waals surface area contributed by atoms with Gasteiger partial charge in [-0.2, -0.15) is 0 Å². The Balaban J connectivity index is 2.03. The minimum atomic E-state index is -0.151. The molecule has 6 heteroatoms. The number of imidazole rings is 1. The van der Waals surface area contributed by atoms with Crippen LogP contribution in [-0.2, 0) is 13.6 Å². The predicted molar refractivity (Wildman–Crippen MR) is 63.7 cm³/mol. The van der Waals surface area contributed by atoms with E-state index in [2.05, 4.69) is 9.88 Å². The Morgan fingerprint density at radius 3 is 2.50 bits per heavy atom. The summed E-state index contributed by atoms with van der Waals surface area (Å²) in [6.07, 6.45) is 1.49. The van der Waals surface area contributed by atoms with Gasteiger partial charge in [0.15, 0.2) is 5.15 Å². The average molecular weight is 264 g/mol. The van der Waals surface area contributed by atoms with E-state index in [0.29, 0.717) is 10.4 Å². The van der Waals surface area contributed by atoms with Gasteiger partial charge in [0.2, 0.25) is 5.28 Å². The smallest absolute Gasteiger partial charge is 0.204 e. The lowest BCUT2D eigenvalue weighted by atomic mass is 10.1. The number of aliphatic hydroxyl groups excluding tert-OH is 1. The third-order valence-electron chi connectivity index (χ3n) is 3.04. The van der Waals surface area contributed by atoms with Gasteiger partial charge in [-0.15, -0.1) is 0 Å². The van der Waals surface area contributed by atoms with Gasteiger partial charge in [0.25, 0.3) is 0 Å². The Labute approximate surface area is 105 Å². The number of hydrogen-bond acceptors (Lipinski definition) is 3. The fourth-order valence-electron chi connectivity index (χ4n) is 1.93. The van der Waals surface area contributed by atoms with E-state index in [1.54, 1.807) is 4.57 Å². The maximum atomic E-state index is 9.41. The highest BCUT2D eigenvalue weighted by Crippen LogP contribution is 2.22. The quantitative estimate of drug-likeness (QED) is 0.883. The molecule has 2 rings (SSSR count). The number of aromatic nitrogens is 2. The van der Waals surface area contributed by atoms with Crippen molar-refractivity contribution in [1.29, 1.82) is 0 Å². The van der Waals surface area contributed by atoms with Crippen molar-refractivity contribution in [3.63, 3.8) is 0 Å². The molecule has 16 heavy (non-hydrogen) atoms. The molecular weight excluding hydrogens is 249 g/mol. The van der Waals surface area contributed by atoms with Crippen LogP contribution in [0.4, 0.5) is 0 Å². The van der Waals surface area contributed by atoms with Crippen molar-refractivity contribution in [3.8, 4) is 0 Å². The third-order valence-corrected chi connectivity index (χ3v) is 3.68. The van der Waals surface area contributed by atoms with Crippen molar-refractivity contribution in [3.05, 3.63) is 16.1 Å². The molecule has 1 N–H and O–H groups in total. The second kappa shape index (κ2) is 4.92. The summed E-state index contributed by atoms with van der Waals surface area (Å²) in [5.74, 6) is 0. The van der Waals surface area contributed by atoms with Crippen molar-refractivity contribution in [2.24, 2.45) is 7.05 Å². The molecule has 0 amide bonds. The van der Waals surface area contributed by atoms with Crippen LogP contribution in [0.2, 0.25) is 10.4 Å². The molecule has 0 aliphatic carbocycles. The molecule has 1 aliphatic heterocycles. The van der Waals surface area contributed by atoms with Crippen LogP contribution in [0.15, 0.2) is 0 Å². The summed E-state index contributed by atoms with van der Waals surface area (Å²) >= 11 is 11.9. The molecule has 0 saturated carbocycles. The van der Waals surface area contributed by atoms with E-state index in [-0.39, 0.29) is 6.10 Å². The largest absolute Gasteiger partial charge is 0.393 e. The summed E-state index contributed by atoms with van der Waals surface area (Å²) in [6, 6.07) is 0. The van der Waals surface area contributed by atoms with Crippen LogP contribution in [0, 0.1) is 0 Å². The van der Waals surface area contributed by atoms with Crippen molar-refractivity contribution in [2.75, 3.05) is 13.1 Å². The van der Waals surface area contributed by atoms with E-state index in [0.717, 1.165) is 38.2 Å². The lowest BCUT2D eigenvalue weighted by Gasteiger charge is -2.29. The SMILES string of the molecule is Cn1c(Cl)nc(Cl)c1CN1CCC(O)CC1. The summed E-state index contributed by atoms with van der Waals surface area (Å²) in [6.45, 7) is 2.52. The Morgan fingerprint density at radius 1 is 1.38 bits per heavy atom. The Bertz CT molecular complexity index is 372. The summed E-state index contributed by atoms with van der Waals surface area (Å²) in [5.41, 5.74) is 0.933. The number of halogens is 2. The number of nitrogens with zero attached hydrogens (tertiary/aromatic N) is 3. The lowest BCUT2D eigenvalue weighted by Crippen LogP contribution is -2.35. The van der Waals surface area contributed by atoms with Gasteiger partial charge < -0.3 is 9.67 Å². The van der Waals surface area contributed by atoms with Gasteiger partial charge in [-0.05, 0) is 24.4 Å². The molecular formula is C10H15Cl2N3O. The van der Waals surface area contributed by atoms with E-state index >= 15 is 0 Å². The first-order valence-electron chi connectivity index (χ1n) is 5.35. The summed E-state index contributed by atoms with van der Waals surface area (Å²) in [5, 5.41) is 10.3. The van der Waals surface area contributed by atoms with E-state index < -0.39 is 0 Å². The molecule has 1 aromatic rings. The van der Waals surface area contributed by atoms with Crippen LogP contribution in [-0.4, -0.2) is 38.8 Å².